The number of carbonyl (C=O) groups is 1. The number of hydrogen-bond acceptors (Lipinski definition) is 5. The third-order valence-electron chi connectivity index (χ3n) is 5.18. The number of rotatable bonds is 2. The second kappa shape index (κ2) is 6.26. The van der Waals surface area contributed by atoms with Crippen LogP contribution in [-0.4, -0.2) is 22.6 Å². The van der Waals surface area contributed by atoms with Crippen LogP contribution in [0, 0.1) is 11.3 Å². The molecule has 26 heavy (non-hydrogen) atoms. The van der Waals surface area contributed by atoms with E-state index in [4.69, 9.17) is 4.74 Å². The SMILES string of the molecule is COC(=O)c1cnc(-c2cc(C#N)c3c(c2)cc2n3C(C)CCC2C)s1. The molecule has 2 unspecified atom stereocenters. The van der Waals surface area contributed by atoms with Gasteiger partial charge in [0.2, 0.25) is 0 Å². The van der Waals surface area contributed by atoms with Crippen molar-refractivity contribution < 1.29 is 9.53 Å². The van der Waals surface area contributed by atoms with Crippen molar-refractivity contribution in [2.45, 2.75) is 38.6 Å². The van der Waals surface area contributed by atoms with Crippen LogP contribution in [0.2, 0.25) is 0 Å². The third kappa shape index (κ3) is 2.51. The summed E-state index contributed by atoms with van der Waals surface area (Å²) in [6, 6.07) is 8.90. The molecule has 0 saturated heterocycles. The van der Waals surface area contributed by atoms with Crippen LogP contribution in [-0.2, 0) is 4.74 Å². The molecule has 3 heterocycles. The molecule has 0 spiro atoms. The minimum Gasteiger partial charge on any atom is -0.465 e. The Hall–Kier alpha value is -2.65. The largest absolute Gasteiger partial charge is 0.465 e. The number of carbonyl (C=O) groups excluding carboxylic acids is 1. The van der Waals surface area contributed by atoms with E-state index >= 15 is 0 Å². The Bertz CT molecular complexity index is 1060. The highest BCUT2D eigenvalue weighted by Gasteiger charge is 2.26. The van der Waals surface area contributed by atoms with Crippen LogP contribution in [0.3, 0.4) is 0 Å². The fourth-order valence-electron chi connectivity index (χ4n) is 3.83. The molecule has 0 aliphatic carbocycles. The van der Waals surface area contributed by atoms with Gasteiger partial charge >= 0.3 is 5.97 Å². The molecular weight excluding hydrogens is 346 g/mol. The van der Waals surface area contributed by atoms with Gasteiger partial charge in [-0.3, -0.25) is 0 Å². The first-order chi connectivity index (χ1) is 12.5. The van der Waals surface area contributed by atoms with Crippen molar-refractivity contribution in [3.63, 3.8) is 0 Å². The first-order valence-electron chi connectivity index (χ1n) is 8.67. The molecule has 1 aromatic carbocycles. The molecule has 0 saturated carbocycles. The van der Waals surface area contributed by atoms with Gasteiger partial charge in [0.15, 0.2) is 0 Å². The second-order valence-corrected chi connectivity index (χ2v) is 7.89. The lowest BCUT2D eigenvalue weighted by Gasteiger charge is -2.28. The molecule has 5 nitrogen and oxygen atoms in total. The summed E-state index contributed by atoms with van der Waals surface area (Å²) >= 11 is 1.28. The molecule has 0 radical (unpaired) electrons. The van der Waals surface area contributed by atoms with Crippen LogP contribution < -0.4 is 0 Å². The Balaban J connectivity index is 1.90. The molecule has 6 heteroatoms. The van der Waals surface area contributed by atoms with E-state index in [0.717, 1.165) is 22.9 Å². The number of esters is 1. The van der Waals surface area contributed by atoms with Gasteiger partial charge in [0.1, 0.15) is 16.0 Å². The molecule has 1 aliphatic heterocycles. The summed E-state index contributed by atoms with van der Waals surface area (Å²) in [5, 5.41) is 11.5. The van der Waals surface area contributed by atoms with E-state index in [0.29, 0.717) is 27.4 Å². The van der Waals surface area contributed by atoms with E-state index in [2.05, 4.69) is 41.6 Å². The van der Waals surface area contributed by atoms with Crippen LogP contribution in [0.1, 0.15) is 59.6 Å². The monoisotopic (exact) mass is 365 g/mol. The lowest BCUT2D eigenvalue weighted by molar-refractivity contribution is 0.0606. The summed E-state index contributed by atoms with van der Waals surface area (Å²) in [5.74, 6) is 0.0942. The zero-order valence-corrected chi connectivity index (χ0v) is 15.8. The van der Waals surface area contributed by atoms with E-state index in [9.17, 15) is 10.1 Å². The van der Waals surface area contributed by atoms with Gasteiger partial charge in [0, 0.05) is 22.7 Å². The topological polar surface area (TPSA) is 67.9 Å². The fraction of sp³-hybridized carbons (Fsp3) is 0.350. The maximum Gasteiger partial charge on any atom is 0.349 e. The van der Waals surface area contributed by atoms with Crippen molar-refractivity contribution in [3.05, 3.63) is 40.5 Å². The average molecular weight is 365 g/mol. The van der Waals surface area contributed by atoms with Crippen LogP contribution in [0.4, 0.5) is 0 Å². The zero-order valence-electron chi connectivity index (χ0n) is 14.9. The van der Waals surface area contributed by atoms with E-state index < -0.39 is 5.97 Å². The van der Waals surface area contributed by atoms with E-state index in [-0.39, 0.29) is 0 Å². The van der Waals surface area contributed by atoms with Gasteiger partial charge < -0.3 is 9.30 Å². The van der Waals surface area contributed by atoms with E-state index in [1.165, 1.54) is 36.8 Å². The maximum atomic E-state index is 11.7. The highest BCUT2D eigenvalue weighted by Crippen LogP contribution is 2.40. The predicted octanol–water partition coefficient (Wildman–Crippen LogP) is 4.88. The molecule has 0 bridgehead atoms. The summed E-state index contributed by atoms with van der Waals surface area (Å²) < 4.78 is 7.08. The van der Waals surface area contributed by atoms with Crippen molar-refractivity contribution >= 4 is 28.2 Å². The van der Waals surface area contributed by atoms with Crippen LogP contribution in [0.25, 0.3) is 21.5 Å². The molecule has 132 valence electrons. The number of methoxy groups -OCH3 is 1. The van der Waals surface area contributed by atoms with Crippen molar-refractivity contribution in [1.29, 1.82) is 5.26 Å². The molecule has 0 N–H and O–H groups in total. The molecule has 0 fully saturated rings. The van der Waals surface area contributed by atoms with Gasteiger partial charge in [-0.05, 0) is 43.9 Å². The number of benzene rings is 1. The van der Waals surface area contributed by atoms with Gasteiger partial charge in [0.25, 0.3) is 0 Å². The first kappa shape index (κ1) is 16.8. The Morgan fingerprint density at radius 3 is 2.88 bits per heavy atom. The number of hydrogen-bond donors (Lipinski definition) is 0. The molecule has 4 rings (SSSR count). The molecule has 2 aromatic heterocycles. The molecular formula is C20H19N3O2S. The minimum atomic E-state index is -0.391. The van der Waals surface area contributed by atoms with Crippen molar-refractivity contribution in [1.82, 2.24) is 9.55 Å². The standard InChI is InChI=1S/C20H19N3O2S/c1-11-4-5-12(2)23-16(11)8-13-6-14(7-15(9-21)18(13)23)19-22-10-17(26-19)20(24)25-3/h6-8,10-12H,4-5H2,1-3H3. The summed E-state index contributed by atoms with van der Waals surface area (Å²) in [6.07, 6.45) is 3.82. The first-order valence-corrected chi connectivity index (χ1v) is 9.48. The minimum absolute atomic E-state index is 0.391. The van der Waals surface area contributed by atoms with Crippen LogP contribution in [0.15, 0.2) is 24.4 Å². The highest BCUT2D eigenvalue weighted by atomic mass is 32.1. The lowest BCUT2D eigenvalue weighted by atomic mass is 9.94. The van der Waals surface area contributed by atoms with Gasteiger partial charge in [-0.1, -0.05) is 6.92 Å². The second-order valence-electron chi connectivity index (χ2n) is 6.86. The number of nitriles is 1. The van der Waals surface area contributed by atoms with Crippen molar-refractivity contribution in [2.24, 2.45) is 0 Å². The van der Waals surface area contributed by atoms with Gasteiger partial charge in [-0.15, -0.1) is 11.3 Å². The predicted molar refractivity (Wildman–Crippen MR) is 101 cm³/mol. The van der Waals surface area contributed by atoms with E-state index in [1.807, 2.05) is 6.07 Å². The molecule has 2 atom stereocenters. The Labute approximate surface area is 155 Å². The number of fused-ring (bicyclic) bond motifs is 3. The van der Waals surface area contributed by atoms with Crippen molar-refractivity contribution in [3.8, 4) is 16.6 Å². The van der Waals surface area contributed by atoms with Gasteiger partial charge in [-0.25, -0.2) is 9.78 Å². The number of nitrogens with zero attached hydrogens (tertiary/aromatic N) is 3. The fourth-order valence-corrected chi connectivity index (χ4v) is 4.65. The van der Waals surface area contributed by atoms with Gasteiger partial charge in [-0.2, -0.15) is 5.26 Å². The maximum absolute atomic E-state index is 11.7. The molecule has 3 aromatic rings. The quantitative estimate of drug-likeness (QED) is 0.607. The summed E-state index contributed by atoms with van der Waals surface area (Å²) in [6.45, 7) is 4.46. The van der Waals surface area contributed by atoms with Crippen molar-refractivity contribution in [2.75, 3.05) is 7.11 Å². The molecule has 1 aliphatic rings. The third-order valence-corrected chi connectivity index (χ3v) is 6.21. The number of thiazole rings is 1. The zero-order chi connectivity index (χ0) is 18.4. The summed E-state index contributed by atoms with van der Waals surface area (Å²) in [4.78, 5) is 16.5. The Kier molecular flexibility index (Phi) is 4.04. The number of aromatic nitrogens is 2. The summed E-state index contributed by atoms with van der Waals surface area (Å²) in [7, 11) is 1.36. The Morgan fingerprint density at radius 1 is 1.35 bits per heavy atom. The summed E-state index contributed by atoms with van der Waals surface area (Å²) in [5.41, 5.74) is 3.81. The lowest BCUT2D eigenvalue weighted by Crippen LogP contribution is -2.17. The number of ether oxygens (including phenoxy) is 1. The normalized spacial score (nSPS) is 19.2. The molecule has 0 amide bonds. The smallest absolute Gasteiger partial charge is 0.349 e. The van der Waals surface area contributed by atoms with Crippen LogP contribution in [0.5, 0.6) is 0 Å². The van der Waals surface area contributed by atoms with E-state index in [1.54, 1.807) is 0 Å². The van der Waals surface area contributed by atoms with Crippen LogP contribution >= 0.6 is 11.3 Å². The highest BCUT2D eigenvalue weighted by molar-refractivity contribution is 7.16. The Morgan fingerprint density at radius 2 is 2.15 bits per heavy atom. The van der Waals surface area contributed by atoms with Gasteiger partial charge in [0.05, 0.1) is 24.4 Å². The average Bonchev–Trinajstić information content (AvgIpc) is 3.28.